The van der Waals surface area contributed by atoms with E-state index in [9.17, 15) is 0 Å². The molecule has 0 heterocycles. The van der Waals surface area contributed by atoms with Crippen LogP contribution in [0.4, 0.5) is 0 Å². The molecule has 0 aromatic heterocycles. The molecule has 86 valence electrons. The van der Waals surface area contributed by atoms with Gasteiger partial charge in [0.25, 0.3) is 0 Å². The van der Waals surface area contributed by atoms with E-state index in [1.165, 1.54) is 50.2 Å². The quantitative estimate of drug-likeness (QED) is 0.578. The topological polar surface area (TPSA) is 26.0 Å². The summed E-state index contributed by atoms with van der Waals surface area (Å²) in [5, 5.41) is 0. The molecule has 2 N–H and O–H groups in total. The second kappa shape index (κ2) is 8.48. The van der Waals surface area contributed by atoms with E-state index in [-0.39, 0.29) is 0 Å². The maximum absolute atomic E-state index is 5.62. The maximum Gasteiger partial charge on any atom is 0.0505 e. The zero-order valence-corrected chi connectivity index (χ0v) is 11.4. The van der Waals surface area contributed by atoms with Gasteiger partial charge in [0.15, 0.2) is 0 Å². The minimum absolute atomic E-state index is 0.890. The third-order valence-electron chi connectivity index (χ3n) is 3.25. The SMILES string of the molecule is CCCC[Si](C)(CCCC)CCCN. The first-order valence-corrected chi connectivity index (χ1v) is 9.50. The van der Waals surface area contributed by atoms with E-state index in [0.29, 0.717) is 0 Å². The van der Waals surface area contributed by atoms with E-state index in [4.69, 9.17) is 5.73 Å². The van der Waals surface area contributed by atoms with Crippen LogP contribution in [0.2, 0.25) is 24.7 Å². The lowest BCUT2D eigenvalue weighted by atomic mass is 10.4. The van der Waals surface area contributed by atoms with Gasteiger partial charge in [-0.05, 0) is 13.0 Å². The van der Waals surface area contributed by atoms with Gasteiger partial charge in [-0.25, -0.2) is 0 Å². The van der Waals surface area contributed by atoms with Gasteiger partial charge in [-0.2, -0.15) is 0 Å². The molecule has 14 heavy (non-hydrogen) atoms. The first kappa shape index (κ1) is 14.2. The van der Waals surface area contributed by atoms with Crippen LogP contribution in [0.5, 0.6) is 0 Å². The first-order valence-electron chi connectivity index (χ1n) is 6.38. The number of rotatable bonds is 9. The summed E-state index contributed by atoms with van der Waals surface area (Å²) in [5.41, 5.74) is 5.62. The molecule has 0 aromatic carbocycles. The average Bonchev–Trinajstić information content (AvgIpc) is 2.21. The predicted molar refractivity (Wildman–Crippen MR) is 69.5 cm³/mol. The standard InChI is InChI=1S/C12H29NSi/c1-4-6-10-14(3,11-7-5-2)12-8-9-13/h4-13H2,1-3H3. The van der Waals surface area contributed by atoms with Crippen molar-refractivity contribution in [3.63, 3.8) is 0 Å². The van der Waals surface area contributed by atoms with Crippen LogP contribution in [-0.4, -0.2) is 14.6 Å². The summed E-state index contributed by atoms with van der Waals surface area (Å²) in [7, 11) is -0.892. The molecule has 0 atom stereocenters. The van der Waals surface area contributed by atoms with Crippen LogP contribution in [0.3, 0.4) is 0 Å². The van der Waals surface area contributed by atoms with Crippen molar-refractivity contribution >= 4 is 8.07 Å². The number of unbranched alkanes of at least 4 members (excludes halogenated alkanes) is 2. The minimum atomic E-state index is -0.892. The molecule has 1 nitrogen and oxygen atoms in total. The highest BCUT2D eigenvalue weighted by atomic mass is 28.3. The Bertz CT molecular complexity index is 104. The molecule has 0 amide bonds. The normalized spacial score (nSPS) is 12.0. The summed E-state index contributed by atoms with van der Waals surface area (Å²) in [6, 6.07) is 4.52. The van der Waals surface area contributed by atoms with Gasteiger partial charge in [0, 0.05) is 0 Å². The Balaban J connectivity index is 3.89. The van der Waals surface area contributed by atoms with Crippen LogP contribution in [0.15, 0.2) is 0 Å². The second-order valence-electron chi connectivity index (χ2n) is 4.91. The number of hydrogen-bond donors (Lipinski definition) is 1. The summed E-state index contributed by atoms with van der Waals surface area (Å²) in [5.74, 6) is 0. The van der Waals surface area contributed by atoms with Gasteiger partial charge in [0.2, 0.25) is 0 Å². The van der Waals surface area contributed by atoms with Crippen LogP contribution in [0, 0.1) is 0 Å². The first-order chi connectivity index (χ1) is 6.68. The molecule has 0 saturated carbocycles. The second-order valence-corrected chi connectivity index (χ2v) is 10.0. The summed E-state index contributed by atoms with van der Waals surface area (Å²) in [6.45, 7) is 8.09. The third-order valence-corrected chi connectivity index (χ3v) is 7.93. The van der Waals surface area contributed by atoms with Crippen molar-refractivity contribution < 1.29 is 0 Å². The van der Waals surface area contributed by atoms with E-state index in [2.05, 4.69) is 20.4 Å². The summed E-state index contributed by atoms with van der Waals surface area (Å²) >= 11 is 0. The highest BCUT2D eigenvalue weighted by Crippen LogP contribution is 2.26. The molecular formula is C12H29NSi. The van der Waals surface area contributed by atoms with Crippen LogP contribution in [0.25, 0.3) is 0 Å². The van der Waals surface area contributed by atoms with E-state index in [1.54, 1.807) is 0 Å². The van der Waals surface area contributed by atoms with E-state index >= 15 is 0 Å². The van der Waals surface area contributed by atoms with Crippen LogP contribution >= 0.6 is 0 Å². The summed E-state index contributed by atoms with van der Waals surface area (Å²) in [4.78, 5) is 0. The monoisotopic (exact) mass is 215 g/mol. The van der Waals surface area contributed by atoms with Gasteiger partial charge >= 0.3 is 0 Å². The van der Waals surface area contributed by atoms with Gasteiger partial charge in [-0.3, -0.25) is 0 Å². The molecular weight excluding hydrogens is 186 g/mol. The highest BCUT2D eigenvalue weighted by molar-refractivity contribution is 6.78. The molecule has 0 saturated heterocycles. The fraction of sp³-hybridized carbons (Fsp3) is 1.00. The van der Waals surface area contributed by atoms with Gasteiger partial charge in [0.05, 0.1) is 8.07 Å². The molecule has 0 aliphatic rings. The largest absolute Gasteiger partial charge is 0.330 e. The predicted octanol–water partition coefficient (Wildman–Crippen LogP) is 4.01. The molecule has 2 heteroatoms. The molecule has 0 spiro atoms. The van der Waals surface area contributed by atoms with Gasteiger partial charge < -0.3 is 5.73 Å². The van der Waals surface area contributed by atoms with Crippen molar-refractivity contribution in [3.8, 4) is 0 Å². The Morgan fingerprint density at radius 2 is 1.29 bits per heavy atom. The van der Waals surface area contributed by atoms with Crippen LogP contribution in [-0.2, 0) is 0 Å². The van der Waals surface area contributed by atoms with Gasteiger partial charge in [-0.15, -0.1) is 0 Å². The lowest BCUT2D eigenvalue weighted by molar-refractivity contribution is 0.805. The minimum Gasteiger partial charge on any atom is -0.330 e. The molecule has 0 radical (unpaired) electrons. The Hall–Kier alpha value is 0.177. The Morgan fingerprint density at radius 3 is 1.64 bits per heavy atom. The lowest BCUT2D eigenvalue weighted by Gasteiger charge is -2.27. The van der Waals surface area contributed by atoms with E-state index in [1.807, 2.05) is 0 Å². The van der Waals surface area contributed by atoms with Crippen LogP contribution in [0.1, 0.15) is 46.0 Å². The van der Waals surface area contributed by atoms with Crippen molar-refractivity contribution in [2.45, 2.75) is 70.6 Å². The van der Waals surface area contributed by atoms with Crippen molar-refractivity contribution in [2.75, 3.05) is 6.54 Å². The van der Waals surface area contributed by atoms with Crippen molar-refractivity contribution in [1.82, 2.24) is 0 Å². The Morgan fingerprint density at radius 1 is 0.857 bits per heavy atom. The molecule has 0 aliphatic carbocycles. The summed E-state index contributed by atoms with van der Waals surface area (Å²) in [6.07, 6.45) is 6.86. The maximum atomic E-state index is 5.62. The summed E-state index contributed by atoms with van der Waals surface area (Å²) < 4.78 is 0. The molecule has 0 aromatic rings. The average molecular weight is 215 g/mol. The number of hydrogen-bond acceptors (Lipinski definition) is 1. The fourth-order valence-electron chi connectivity index (χ4n) is 2.11. The van der Waals surface area contributed by atoms with Gasteiger partial charge in [0.1, 0.15) is 0 Å². The molecule has 0 rings (SSSR count). The van der Waals surface area contributed by atoms with Crippen LogP contribution < -0.4 is 5.73 Å². The van der Waals surface area contributed by atoms with E-state index < -0.39 is 8.07 Å². The Labute approximate surface area is 91.5 Å². The fourth-order valence-corrected chi connectivity index (χ4v) is 6.33. The molecule has 0 unspecified atom stereocenters. The highest BCUT2D eigenvalue weighted by Gasteiger charge is 2.24. The number of nitrogens with two attached hydrogens (primary N) is 1. The van der Waals surface area contributed by atoms with Crippen molar-refractivity contribution in [3.05, 3.63) is 0 Å². The zero-order chi connectivity index (χ0) is 10.9. The smallest absolute Gasteiger partial charge is 0.0505 e. The lowest BCUT2D eigenvalue weighted by Crippen LogP contribution is -2.30. The van der Waals surface area contributed by atoms with Crippen molar-refractivity contribution in [2.24, 2.45) is 5.73 Å². The molecule has 0 aliphatic heterocycles. The zero-order valence-electron chi connectivity index (χ0n) is 10.4. The van der Waals surface area contributed by atoms with E-state index in [0.717, 1.165) is 6.54 Å². The molecule has 0 fully saturated rings. The van der Waals surface area contributed by atoms with Crippen molar-refractivity contribution in [1.29, 1.82) is 0 Å². The molecule has 0 bridgehead atoms. The Kier molecular flexibility index (Phi) is 8.59. The van der Waals surface area contributed by atoms with Gasteiger partial charge in [-0.1, -0.05) is 64.2 Å². The third kappa shape index (κ3) is 6.60.